The van der Waals surface area contributed by atoms with Gasteiger partial charge in [0.25, 0.3) is 0 Å². The highest BCUT2D eigenvalue weighted by Crippen LogP contribution is 2.37. The molecule has 0 fully saturated rings. The first-order chi connectivity index (χ1) is 14.5. The van der Waals surface area contributed by atoms with E-state index in [1.165, 1.54) is 18.7 Å². The lowest BCUT2D eigenvalue weighted by Gasteiger charge is -2.30. The van der Waals surface area contributed by atoms with Gasteiger partial charge in [0.15, 0.2) is 5.76 Å². The molecule has 1 amide bonds. The molecule has 1 aliphatic rings. The molecule has 1 aliphatic heterocycles. The molecule has 1 atom stereocenters. The predicted molar refractivity (Wildman–Crippen MR) is 115 cm³/mol. The third kappa shape index (κ3) is 3.67. The number of aromatic nitrogens is 3. The number of carbonyl (C=O) groups excluding carboxylic acids is 1. The van der Waals surface area contributed by atoms with Crippen LogP contribution in [0.1, 0.15) is 50.8 Å². The number of hydrogen-bond acceptors (Lipinski definition) is 5. The van der Waals surface area contributed by atoms with Crippen molar-refractivity contribution in [1.29, 1.82) is 0 Å². The highest BCUT2D eigenvalue weighted by atomic mass is 32.2. The molecule has 156 valence electrons. The van der Waals surface area contributed by atoms with Crippen molar-refractivity contribution in [3.05, 3.63) is 58.3 Å². The lowest BCUT2D eigenvalue weighted by atomic mass is 10.0. The Morgan fingerprint density at radius 1 is 1.27 bits per heavy atom. The fourth-order valence-corrected chi connectivity index (χ4v) is 4.60. The number of unbranched alkanes of at least 4 members (excludes halogenated alkanes) is 2. The average molecular weight is 426 g/mol. The van der Waals surface area contributed by atoms with Gasteiger partial charge in [-0.15, -0.1) is 0 Å². The maximum absolute atomic E-state index is 13.1. The smallest absolute Gasteiger partial charge is 0.325 e. The second-order valence-corrected chi connectivity index (χ2v) is 8.42. The van der Waals surface area contributed by atoms with Crippen LogP contribution in [0, 0.1) is 6.92 Å². The van der Waals surface area contributed by atoms with Gasteiger partial charge in [-0.25, -0.2) is 4.90 Å². The number of benzene rings is 1. The van der Waals surface area contributed by atoms with Gasteiger partial charge in [0.2, 0.25) is 11.1 Å². The van der Waals surface area contributed by atoms with Gasteiger partial charge in [0.1, 0.15) is 5.76 Å². The Balaban J connectivity index is 1.90. The van der Waals surface area contributed by atoms with E-state index >= 15 is 0 Å². The summed E-state index contributed by atoms with van der Waals surface area (Å²) < 4.78 is 7.52. The molecular formula is C22H25N4O3S+. The summed E-state index contributed by atoms with van der Waals surface area (Å²) in [5, 5.41) is 5.28. The van der Waals surface area contributed by atoms with Crippen LogP contribution in [-0.2, 0) is 4.79 Å². The zero-order valence-corrected chi connectivity index (χ0v) is 18.2. The van der Waals surface area contributed by atoms with Crippen LogP contribution in [0.5, 0.6) is 0 Å². The van der Waals surface area contributed by atoms with E-state index < -0.39 is 6.17 Å². The van der Waals surface area contributed by atoms with Crippen LogP contribution >= 0.6 is 11.8 Å². The summed E-state index contributed by atoms with van der Waals surface area (Å²) in [6.07, 6.45) is 2.65. The third-order valence-electron chi connectivity index (χ3n) is 5.10. The maximum Gasteiger partial charge on any atom is 0.325 e. The average Bonchev–Trinajstić information content (AvgIpc) is 3.15. The first kappa shape index (κ1) is 20.4. The van der Waals surface area contributed by atoms with Crippen molar-refractivity contribution in [3.63, 3.8) is 0 Å². The van der Waals surface area contributed by atoms with Gasteiger partial charge >= 0.3 is 17.4 Å². The second-order valence-electron chi connectivity index (χ2n) is 7.34. The number of H-pyrrole nitrogens is 1. The van der Waals surface area contributed by atoms with Crippen molar-refractivity contribution in [3.8, 4) is 11.3 Å². The summed E-state index contributed by atoms with van der Waals surface area (Å²) in [7, 11) is 0. The molecule has 0 saturated carbocycles. The number of anilines is 1. The number of hydrogen-bond donors (Lipinski definition) is 1. The van der Waals surface area contributed by atoms with E-state index in [0.29, 0.717) is 27.9 Å². The lowest BCUT2D eigenvalue weighted by Crippen LogP contribution is -2.60. The Morgan fingerprint density at radius 2 is 2.07 bits per heavy atom. The molecule has 0 spiro atoms. The standard InChI is InChI=1S/C22H24N4O3S/c1-4-5-8-13-30-22-23-20(28)19-16-9-6-7-10-17(16)25(15(3)27)21(26(19)24-22)18-12-11-14(2)29-18/h6-7,9-12,21H,4-5,8,13H2,1-3H3/p+1/t21-/m0/s1. The molecule has 3 aromatic rings. The number of amides is 1. The minimum absolute atomic E-state index is 0.154. The number of fused-ring (bicyclic) bond motifs is 3. The molecule has 0 saturated heterocycles. The molecular weight excluding hydrogens is 400 g/mol. The van der Waals surface area contributed by atoms with E-state index in [2.05, 4.69) is 11.9 Å². The molecule has 3 heterocycles. The van der Waals surface area contributed by atoms with Crippen molar-refractivity contribution in [1.82, 2.24) is 10.1 Å². The van der Waals surface area contributed by atoms with Gasteiger partial charge in [-0.2, -0.15) is 0 Å². The largest absolute Gasteiger partial charge is 0.457 e. The summed E-state index contributed by atoms with van der Waals surface area (Å²) >= 11 is 1.52. The van der Waals surface area contributed by atoms with Crippen LogP contribution in [0.4, 0.5) is 5.69 Å². The Kier molecular flexibility index (Phi) is 5.76. The van der Waals surface area contributed by atoms with Crippen LogP contribution in [-0.4, -0.2) is 21.7 Å². The highest BCUT2D eigenvalue weighted by molar-refractivity contribution is 7.99. The first-order valence-corrected chi connectivity index (χ1v) is 11.1. The van der Waals surface area contributed by atoms with Crippen molar-refractivity contribution in [2.24, 2.45) is 0 Å². The summed E-state index contributed by atoms with van der Waals surface area (Å²) in [4.78, 5) is 30.4. The van der Waals surface area contributed by atoms with E-state index in [1.54, 1.807) is 9.58 Å². The van der Waals surface area contributed by atoms with Gasteiger partial charge in [-0.1, -0.05) is 43.7 Å². The molecule has 0 radical (unpaired) electrons. The molecule has 7 nitrogen and oxygen atoms in total. The minimum Gasteiger partial charge on any atom is -0.457 e. The van der Waals surface area contributed by atoms with Crippen LogP contribution in [0.25, 0.3) is 11.3 Å². The highest BCUT2D eigenvalue weighted by Gasteiger charge is 2.46. The van der Waals surface area contributed by atoms with E-state index in [1.807, 2.05) is 43.3 Å². The van der Waals surface area contributed by atoms with Crippen LogP contribution in [0.2, 0.25) is 0 Å². The molecule has 0 unspecified atom stereocenters. The van der Waals surface area contributed by atoms with Gasteiger partial charge in [-0.3, -0.25) is 14.6 Å². The Hall–Kier alpha value is -2.87. The number of rotatable bonds is 6. The number of carbonyl (C=O) groups is 1. The molecule has 0 bridgehead atoms. The van der Waals surface area contributed by atoms with E-state index in [9.17, 15) is 9.59 Å². The molecule has 30 heavy (non-hydrogen) atoms. The van der Waals surface area contributed by atoms with Gasteiger partial charge < -0.3 is 4.42 Å². The predicted octanol–water partition coefficient (Wildman–Crippen LogP) is 3.82. The van der Waals surface area contributed by atoms with Crippen LogP contribution in [0.3, 0.4) is 0 Å². The topological polar surface area (TPSA) is 83.1 Å². The summed E-state index contributed by atoms with van der Waals surface area (Å²) in [5.74, 6) is 2.00. The van der Waals surface area contributed by atoms with Crippen molar-refractivity contribution >= 4 is 23.4 Å². The normalized spacial score (nSPS) is 15.0. The fraction of sp³-hybridized carbons (Fsp3) is 0.364. The number of nitrogens with zero attached hydrogens (tertiary/aromatic N) is 3. The Labute approximate surface area is 179 Å². The second kappa shape index (κ2) is 8.47. The lowest BCUT2D eigenvalue weighted by molar-refractivity contribution is -0.764. The fourth-order valence-electron chi connectivity index (χ4n) is 3.75. The van der Waals surface area contributed by atoms with E-state index in [0.717, 1.165) is 30.8 Å². The third-order valence-corrected chi connectivity index (χ3v) is 6.05. The van der Waals surface area contributed by atoms with E-state index in [-0.39, 0.29) is 11.5 Å². The number of thioether (sulfide) groups is 1. The molecule has 1 aromatic carbocycles. The number of para-hydroxylation sites is 1. The molecule has 2 aromatic heterocycles. The quantitative estimate of drug-likeness (QED) is 0.369. The number of furan rings is 1. The molecule has 1 N–H and O–H groups in total. The van der Waals surface area contributed by atoms with Gasteiger partial charge in [-0.05, 0) is 42.3 Å². The minimum atomic E-state index is -0.668. The number of nitrogens with one attached hydrogen (secondary N) is 1. The molecule has 0 aliphatic carbocycles. The van der Waals surface area contributed by atoms with Gasteiger partial charge in [0.05, 0.1) is 11.3 Å². The monoisotopic (exact) mass is 425 g/mol. The zero-order chi connectivity index (χ0) is 21.3. The van der Waals surface area contributed by atoms with Crippen molar-refractivity contribution < 1.29 is 13.9 Å². The number of aryl methyl sites for hydroxylation is 1. The molecule has 4 rings (SSSR count). The zero-order valence-electron chi connectivity index (χ0n) is 17.3. The Morgan fingerprint density at radius 3 is 2.77 bits per heavy atom. The summed E-state index contributed by atoms with van der Waals surface area (Å²) in [6, 6.07) is 11.1. The van der Waals surface area contributed by atoms with E-state index in [4.69, 9.17) is 9.52 Å². The van der Waals surface area contributed by atoms with Crippen LogP contribution < -0.4 is 15.1 Å². The van der Waals surface area contributed by atoms with Gasteiger partial charge in [0, 0.05) is 17.8 Å². The summed E-state index contributed by atoms with van der Waals surface area (Å²) in [5.41, 5.74) is 1.52. The summed E-state index contributed by atoms with van der Waals surface area (Å²) in [6.45, 7) is 5.52. The SMILES string of the molecule is CCCCCSc1n[n+]2c(c(=O)[nH]1)-c1ccccc1N(C(C)=O)[C@@H]2c1ccc(C)o1. The van der Waals surface area contributed by atoms with Crippen molar-refractivity contribution in [2.75, 3.05) is 10.7 Å². The maximum atomic E-state index is 13.1. The Bertz CT molecular complexity index is 1140. The molecule has 8 heteroatoms. The first-order valence-electron chi connectivity index (χ1n) is 10.2. The van der Waals surface area contributed by atoms with Crippen LogP contribution in [0.15, 0.2) is 50.8 Å². The number of aromatic amines is 1. The van der Waals surface area contributed by atoms with Crippen molar-refractivity contribution in [2.45, 2.75) is 51.4 Å².